The van der Waals surface area contributed by atoms with Crippen LogP contribution in [0.4, 0.5) is 0 Å². The zero-order valence-corrected chi connectivity index (χ0v) is 17.0. The van der Waals surface area contributed by atoms with Crippen LogP contribution in [0.2, 0.25) is 5.02 Å². The summed E-state index contributed by atoms with van der Waals surface area (Å²) in [5.74, 6) is 1.10. The molecule has 154 valence electrons. The lowest BCUT2D eigenvalue weighted by Crippen LogP contribution is -2.26. The lowest BCUT2D eigenvalue weighted by Gasteiger charge is -2.05. The first-order valence-corrected chi connectivity index (χ1v) is 10.0. The summed E-state index contributed by atoms with van der Waals surface area (Å²) in [5.41, 5.74) is 2.49. The number of aromatic nitrogens is 5. The van der Waals surface area contributed by atoms with Gasteiger partial charge in [-0.3, -0.25) is 9.20 Å². The van der Waals surface area contributed by atoms with Crippen LogP contribution in [0.25, 0.3) is 22.8 Å². The van der Waals surface area contributed by atoms with Gasteiger partial charge in [0, 0.05) is 30.3 Å². The van der Waals surface area contributed by atoms with Crippen molar-refractivity contribution >= 4 is 23.2 Å². The molecule has 5 aromatic rings. The molecule has 5 rings (SSSR count). The molecule has 0 spiro atoms. The Kier molecular flexibility index (Phi) is 4.97. The molecule has 9 heteroatoms. The van der Waals surface area contributed by atoms with Crippen molar-refractivity contribution in [2.75, 3.05) is 6.54 Å². The molecule has 1 amide bonds. The van der Waals surface area contributed by atoms with Crippen molar-refractivity contribution in [3.05, 3.63) is 89.7 Å². The fraction of sp³-hybridized carbons (Fsp3) is 0.0909. The van der Waals surface area contributed by atoms with Gasteiger partial charge in [0.1, 0.15) is 11.5 Å². The van der Waals surface area contributed by atoms with E-state index < -0.39 is 0 Å². The number of fused-ring (bicyclic) bond motifs is 1. The third-order valence-electron chi connectivity index (χ3n) is 4.81. The van der Waals surface area contributed by atoms with Crippen molar-refractivity contribution in [3.8, 4) is 17.1 Å². The van der Waals surface area contributed by atoms with Gasteiger partial charge in [-0.15, -0.1) is 10.2 Å². The molecule has 1 N–H and O–H groups in total. The molecule has 0 bridgehead atoms. The first-order chi connectivity index (χ1) is 15.2. The summed E-state index contributed by atoms with van der Waals surface area (Å²) >= 11 is 6.01. The molecular formula is C22H17ClN6O2. The standard InChI is InChI=1S/C22H17ClN6O2/c23-15-6-8-16(9-7-15)29-18(19-4-3-13-31-19)14-17(27-29)22(30)24-11-10-21-26-25-20-5-1-2-12-28(20)21/h1-9,12-14H,10-11H2,(H,24,30). The fourth-order valence-electron chi connectivity index (χ4n) is 3.31. The van der Waals surface area contributed by atoms with Crippen LogP contribution in [-0.2, 0) is 6.42 Å². The molecule has 0 aliphatic carbocycles. The Morgan fingerprint density at radius 3 is 2.74 bits per heavy atom. The Bertz CT molecular complexity index is 1340. The van der Waals surface area contributed by atoms with Crippen LogP contribution in [-0.4, -0.2) is 36.8 Å². The second-order valence-corrected chi connectivity index (χ2v) is 7.27. The molecule has 1 aromatic carbocycles. The predicted octanol–water partition coefficient (Wildman–Crippen LogP) is 3.80. The van der Waals surface area contributed by atoms with Gasteiger partial charge in [0.15, 0.2) is 17.1 Å². The summed E-state index contributed by atoms with van der Waals surface area (Å²) in [6.07, 6.45) is 4.02. The minimum Gasteiger partial charge on any atom is -0.463 e. The van der Waals surface area contributed by atoms with Crippen LogP contribution in [0.3, 0.4) is 0 Å². The molecule has 0 aliphatic heterocycles. The average Bonchev–Trinajstić information content (AvgIpc) is 3.54. The minimum atomic E-state index is -0.283. The first kappa shape index (κ1) is 19.1. The maximum Gasteiger partial charge on any atom is 0.271 e. The van der Waals surface area contributed by atoms with Gasteiger partial charge in [0.2, 0.25) is 0 Å². The number of pyridine rings is 1. The van der Waals surface area contributed by atoms with Gasteiger partial charge in [0.05, 0.1) is 12.0 Å². The van der Waals surface area contributed by atoms with Gasteiger partial charge >= 0.3 is 0 Å². The molecule has 0 atom stereocenters. The predicted molar refractivity (Wildman–Crippen MR) is 115 cm³/mol. The molecule has 0 unspecified atom stereocenters. The first-order valence-electron chi connectivity index (χ1n) is 9.66. The lowest BCUT2D eigenvalue weighted by molar-refractivity contribution is 0.0948. The normalized spacial score (nSPS) is 11.1. The largest absolute Gasteiger partial charge is 0.463 e. The fourth-order valence-corrected chi connectivity index (χ4v) is 3.44. The van der Waals surface area contributed by atoms with E-state index in [9.17, 15) is 4.79 Å². The number of furan rings is 1. The van der Waals surface area contributed by atoms with E-state index in [1.807, 2.05) is 47.0 Å². The molecule has 31 heavy (non-hydrogen) atoms. The van der Waals surface area contributed by atoms with Crippen molar-refractivity contribution in [1.82, 2.24) is 29.7 Å². The van der Waals surface area contributed by atoms with E-state index >= 15 is 0 Å². The number of carbonyl (C=O) groups excluding carboxylic acids is 1. The van der Waals surface area contributed by atoms with Crippen molar-refractivity contribution < 1.29 is 9.21 Å². The average molecular weight is 433 g/mol. The molecule has 4 heterocycles. The van der Waals surface area contributed by atoms with Gasteiger partial charge in [0.25, 0.3) is 5.91 Å². The zero-order chi connectivity index (χ0) is 21.2. The monoisotopic (exact) mass is 432 g/mol. The number of hydrogen-bond acceptors (Lipinski definition) is 5. The maximum absolute atomic E-state index is 12.8. The number of hydrogen-bond donors (Lipinski definition) is 1. The smallest absolute Gasteiger partial charge is 0.271 e. The molecule has 8 nitrogen and oxygen atoms in total. The number of nitrogens with zero attached hydrogens (tertiary/aromatic N) is 5. The Morgan fingerprint density at radius 1 is 1.06 bits per heavy atom. The molecule has 0 aliphatic rings. The van der Waals surface area contributed by atoms with Crippen LogP contribution in [0.15, 0.2) is 77.5 Å². The highest BCUT2D eigenvalue weighted by Gasteiger charge is 2.18. The summed E-state index contributed by atoms with van der Waals surface area (Å²) in [6.45, 7) is 0.401. The SMILES string of the molecule is O=C(NCCc1nnc2ccccn12)c1cc(-c2ccco2)n(-c2ccc(Cl)cc2)n1. The number of nitrogens with one attached hydrogen (secondary N) is 1. The molecule has 0 radical (unpaired) electrons. The molecule has 4 aromatic heterocycles. The van der Waals surface area contributed by atoms with E-state index in [2.05, 4.69) is 20.6 Å². The zero-order valence-electron chi connectivity index (χ0n) is 16.3. The second kappa shape index (κ2) is 8.08. The summed E-state index contributed by atoms with van der Waals surface area (Å²) in [7, 11) is 0. The topological polar surface area (TPSA) is 90.3 Å². The van der Waals surface area contributed by atoms with E-state index in [-0.39, 0.29) is 11.6 Å². The van der Waals surface area contributed by atoms with E-state index in [0.29, 0.717) is 29.4 Å². The van der Waals surface area contributed by atoms with Gasteiger partial charge in [-0.1, -0.05) is 17.7 Å². The highest BCUT2D eigenvalue weighted by atomic mass is 35.5. The minimum absolute atomic E-state index is 0.283. The van der Waals surface area contributed by atoms with E-state index in [1.54, 1.807) is 35.2 Å². The third-order valence-corrected chi connectivity index (χ3v) is 5.06. The highest BCUT2D eigenvalue weighted by Crippen LogP contribution is 2.25. The van der Waals surface area contributed by atoms with Crippen molar-refractivity contribution in [2.45, 2.75) is 6.42 Å². The summed E-state index contributed by atoms with van der Waals surface area (Å²) in [6, 6.07) is 18.2. The van der Waals surface area contributed by atoms with Crippen LogP contribution in [0, 0.1) is 0 Å². The van der Waals surface area contributed by atoms with Gasteiger partial charge < -0.3 is 9.73 Å². The number of amides is 1. The maximum atomic E-state index is 12.8. The Labute approximate surface area is 182 Å². The summed E-state index contributed by atoms with van der Waals surface area (Å²) < 4.78 is 9.09. The van der Waals surface area contributed by atoms with Crippen molar-refractivity contribution in [3.63, 3.8) is 0 Å². The van der Waals surface area contributed by atoms with Crippen LogP contribution in [0.1, 0.15) is 16.3 Å². The number of benzene rings is 1. The van der Waals surface area contributed by atoms with Crippen LogP contribution < -0.4 is 5.32 Å². The molecule has 0 saturated heterocycles. The van der Waals surface area contributed by atoms with Crippen LogP contribution in [0.5, 0.6) is 0 Å². The van der Waals surface area contributed by atoms with Crippen molar-refractivity contribution in [2.24, 2.45) is 0 Å². The Hall–Kier alpha value is -3.91. The molecular weight excluding hydrogens is 416 g/mol. The lowest BCUT2D eigenvalue weighted by atomic mass is 10.2. The van der Waals surface area contributed by atoms with Crippen LogP contribution >= 0.6 is 11.6 Å². The number of halogens is 1. The van der Waals surface area contributed by atoms with E-state index in [0.717, 1.165) is 17.2 Å². The Balaban J connectivity index is 1.36. The number of rotatable bonds is 6. The molecule has 0 saturated carbocycles. The van der Waals surface area contributed by atoms with Crippen molar-refractivity contribution in [1.29, 1.82) is 0 Å². The highest BCUT2D eigenvalue weighted by molar-refractivity contribution is 6.30. The van der Waals surface area contributed by atoms with Gasteiger partial charge in [-0.2, -0.15) is 5.10 Å². The molecule has 0 fully saturated rings. The summed E-state index contributed by atoms with van der Waals surface area (Å²) in [5, 5.41) is 16.3. The summed E-state index contributed by atoms with van der Waals surface area (Å²) in [4.78, 5) is 12.8. The van der Waals surface area contributed by atoms with E-state index in [1.165, 1.54) is 0 Å². The Morgan fingerprint density at radius 2 is 1.94 bits per heavy atom. The van der Waals surface area contributed by atoms with Gasteiger partial charge in [-0.25, -0.2) is 4.68 Å². The number of carbonyl (C=O) groups is 1. The third kappa shape index (κ3) is 3.80. The van der Waals surface area contributed by atoms with Gasteiger partial charge in [-0.05, 0) is 48.5 Å². The van der Waals surface area contributed by atoms with E-state index in [4.69, 9.17) is 16.0 Å². The quantitative estimate of drug-likeness (QED) is 0.440. The second-order valence-electron chi connectivity index (χ2n) is 6.83.